The predicted molar refractivity (Wildman–Crippen MR) is 109 cm³/mol. The third-order valence-electron chi connectivity index (χ3n) is 4.03. The number of nitrogens with zero attached hydrogens (tertiary/aromatic N) is 1. The molecule has 0 spiro atoms. The lowest BCUT2D eigenvalue weighted by Crippen LogP contribution is -2.26. The van der Waals surface area contributed by atoms with Gasteiger partial charge in [0.1, 0.15) is 5.75 Å². The average molecular weight is 396 g/mol. The molecule has 0 radical (unpaired) electrons. The fourth-order valence-electron chi connectivity index (χ4n) is 2.51. The van der Waals surface area contributed by atoms with E-state index < -0.39 is 10.0 Å². The number of para-hydroxylation sites is 1. The molecule has 0 saturated carbocycles. The number of amides is 1. The molecule has 28 heavy (non-hydrogen) atoms. The van der Waals surface area contributed by atoms with Crippen molar-refractivity contribution >= 4 is 27.3 Å². The fraction of sp³-hybridized carbons (Fsp3) is 0.0952. The van der Waals surface area contributed by atoms with Gasteiger partial charge in [0.2, 0.25) is 0 Å². The van der Waals surface area contributed by atoms with Crippen molar-refractivity contribution in [1.29, 1.82) is 0 Å². The molecule has 0 atom stereocenters. The highest BCUT2D eigenvalue weighted by atomic mass is 32.2. The lowest BCUT2D eigenvalue weighted by atomic mass is 10.3. The SMILES string of the molecule is CN(c1ccc(OCC(=O)Nc2ccccc2)cc1)S(=O)(=O)c1ccccc1. The van der Waals surface area contributed by atoms with Gasteiger partial charge in [0.05, 0.1) is 10.6 Å². The first kappa shape index (κ1) is 19.4. The molecule has 7 heteroatoms. The standard InChI is InChI=1S/C21H20N2O4S/c1-23(28(25,26)20-10-6-3-7-11-20)18-12-14-19(15-13-18)27-16-21(24)22-17-8-4-2-5-9-17/h2-15H,16H2,1H3,(H,22,24). The van der Waals surface area contributed by atoms with Crippen LogP contribution in [-0.2, 0) is 14.8 Å². The van der Waals surface area contributed by atoms with Crippen molar-refractivity contribution in [3.8, 4) is 5.75 Å². The zero-order valence-corrected chi connectivity index (χ0v) is 16.1. The highest BCUT2D eigenvalue weighted by Crippen LogP contribution is 2.24. The van der Waals surface area contributed by atoms with Gasteiger partial charge in [-0.2, -0.15) is 0 Å². The quantitative estimate of drug-likeness (QED) is 0.663. The second kappa shape index (κ2) is 8.58. The van der Waals surface area contributed by atoms with Crippen molar-refractivity contribution in [2.75, 3.05) is 23.3 Å². The third kappa shape index (κ3) is 4.69. The van der Waals surface area contributed by atoms with Crippen LogP contribution in [0, 0.1) is 0 Å². The van der Waals surface area contributed by atoms with Crippen LogP contribution < -0.4 is 14.4 Å². The second-order valence-electron chi connectivity index (χ2n) is 5.98. The van der Waals surface area contributed by atoms with Crippen LogP contribution in [0.25, 0.3) is 0 Å². The third-order valence-corrected chi connectivity index (χ3v) is 5.83. The summed E-state index contributed by atoms with van der Waals surface area (Å²) in [6, 6.07) is 23.8. The summed E-state index contributed by atoms with van der Waals surface area (Å²) in [4.78, 5) is 12.1. The minimum Gasteiger partial charge on any atom is -0.484 e. The molecule has 144 valence electrons. The van der Waals surface area contributed by atoms with E-state index in [4.69, 9.17) is 4.74 Å². The Balaban J connectivity index is 1.61. The summed E-state index contributed by atoms with van der Waals surface area (Å²) in [7, 11) is -2.15. The molecule has 1 amide bonds. The first-order chi connectivity index (χ1) is 13.5. The molecule has 0 aliphatic rings. The number of sulfonamides is 1. The van der Waals surface area contributed by atoms with Crippen LogP contribution in [0.2, 0.25) is 0 Å². The van der Waals surface area contributed by atoms with Gasteiger partial charge in [-0.25, -0.2) is 8.42 Å². The molecule has 0 aliphatic heterocycles. The summed E-state index contributed by atoms with van der Waals surface area (Å²) in [5.74, 6) is 0.191. The number of hydrogen-bond acceptors (Lipinski definition) is 4. The Labute approximate surface area is 164 Å². The zero-order valence-electron chi connectivity index (χ0n) is 15.3. The van der Waals surface area contributed by atoms with Crippen molar-refractivity contribution in [1.82, 2.24) is 0 Å². The lowest BCUT2D eigenvalue weighted by Gasteiger charge is -2.19. The van der Waals surface area contributed by atoms with E-state index in [1.54, 1.807) is 66.7 Å². The van der Waals surface area contributed by atoms with Gasteiger partial charge in [-0.05, 0) is 48.5 Å². The first-order valence-electron chi connectivity index (χ1n) is 8.58. The van der Waals surface area contributed by atoms with Gasteiger partial charge in [0, 0.05) is 12.7 Å². The number of ether oxygens (including phenoxy) is 1. The van der Waals surface area contributed by atoms with Crippen LogP contribution >= 0.6 is 0 Å². The average Bonchev–Trinajstić information content (AvgIpc) is 2.73. The molecular formula is C21H20N2O4S. The van der Waals surface area contributed by atoms with Gasteiger partial charge in [-0.15, -0.1) is 0 Å². The maximum Gasteiger partial charge on any atom is 0.264 e. The van der Waals surface area contributed by atoms with Crippen LogP contribution in [0.3, 0.4) is 0 Å². The first-order valence-corrected chi connectivity index (χ1v) is 10.0. The fourth-order valence-corrected chi connectivity index (χ4v) is 3.73. The topological polar surface area (TPSA) is 75.7 Å². The molecule has 0 saturated heterocycles. The maximum absolute atomic E-state index is 12.6. The van der Waals surface area contributed by atoms with Gasteiger partial charge in [0.15, 0.2) is 6.61 Å². The van der Waals surface area contributed by atoms with E-state index in [1.807, 2.05) is 18.2 Å². The summed E-state index contributed by atoms with van der Waals surface area (Å²) in [6.07, 6.45) is 0. The predicted octanol–water partition coefficient (Wildman–Crippen LogP) is 3.53. The molecule has 0 heterocycles. The van der Waals surface area contributed by atoms with Crippen molar-refractivity contribution in [2.24, 2.45) is 0 Å². The van der Waals surface area contributed by atoms with E-state index in [0.717, 1.165) is 0 Å². The van der Waals surface area contributed by atoms with E-state index in [1.165, 1.54) is 11.4 Å². The van der Waals surface area contributed by atoms with Gasteiger partial charge >= 0.3 is 0 Å². The highest BCUT2D eigenvalue weighted by molar-refractivity contribution is 7.92. The normalized spacial score (nSPS) is 10.9. The molecule has 3 rings (SSSR count). The number of carbonyl (C=O) groups is 1. The largest absolute Gasteiger partial charge is 0.484 e. The number of benzene rings is 3. The number of rotatable bonds is 7. The zero-order chi connectivity index (χ0) is 20.0. The summed E-state index contributed by atoms with van der Waals surface area (Å²) < 4.78 is 32.0. The number of nitrogens with one attached hydrogen (secondary N) is 1. The summed E-state index contributed by atoms with van der Waals surface area (Å²) in [5.41, 5.74) is 1.18. The Morgan fingerprint density at radius 1 is 0.893 bits per heavy atom. The molecule has 0 aromatic heterocycles. The van der Waals surface area contributed by atoms with Crippen molar-refractivity contribution < 1.29 is 17.9 Å². The van der Waals surface area contributed by atoms with Crippen LogP contribution in [0.4, 0.5) is 11.4 Å². The van der Waals surface area contributed by atoms with E-state index >= 15 is 0 Å². The van der Waals surface area contributed by atoms with E-state index in [9.17, 15) is 13.2 Å². The summed E-state index contributed by atoms with van der Waals surface area (Å²) in [5, 5.41) is 2.73. The van der Waals surface area contributed by atoms with Gasteiger partial charge in [-0.1, -0.05) is 36.4 Å². The number of anilines is 2. The molecule has 3 aromatic carbocycles. The van der Waals surface area contributed by atoms with Crippen LogP contribution in [0.15, 0.2) is 89.8 Å². The van der Waals surface area contributed by atoms with Gasteiger partial charge < -0.3 is 10.1 Å². The van der Waals surface area contributed by atoms with Crippen molar-refractivity contribution in [3.63, 3.8) is 0 Å². The molecule has 0 unspecified atom stereocenters. The molecular weight excluding hydrogens is 376 g/mol. The minimum atomic E-state index is -3.64. The molecule has 0 fully saturated rings. The Bertz CT molecular complexity index is 1020. The molecule has 0 aliphatic carbocycles. The molecule has 3 aromatic rings. The Morgan fingerprint density at radius 2 is 1.46 bits per heavy atom. The lowest BCUT2D eigenvalue weighted by molar-refractivity contribution is -0.118. The van der Waals surface area contributed by atoms with E-state index in [-0.39, 0.29) is 17.4 Å². The Morgan fingerprint density at radius 3 is 2.07 bits per heavy atom. The Hall–Kier alpha value is -3.32. The monoisotopic (exact) mass is 396 g/mol. The van der Waals surface area contributed by atoms with E-state index in [0.29, 0.717) is 17.1 Å². The maximum atomic E-state index is 12.6. The van der Waals surface area contributed by atoms with Crippen LogP contribution in [0.1, 0.15) is 0 Å². The number of carbonyl (C=O) groups excluding carboxylic acids is 1. The highest BCUT2D eigenvalue weighted by Gasteiger charge is 2.20. The van der Waals surface area contributed by atoms with Crippen LogP contribution in [0.5, 0.6) is 5.75 Å². The number of hydrogen-bond donors (Lipinski definition) is 1. The second-order valence-corrected chi connectivity index (χ2v) is 7.95. The smallest absolute Gasteiger partial charge is 0.264 e. The van der Waals surface area contributed by atoms with E-state index in [2.05, 4.69) is 5.32 Å². The van der Waals surface area contributed by atoms with Crippen molar-refractivity contribution in [2.45, 2.75) is 4.90 Å². The van der Waals surface area contributed by atoms with Gasteiger partial charge in [-0.3, -0.25) is 9.10 Å². The Kier molecular flexibility index (Phi) is 5.96. The summed E-state index contributed by atoms with van der Waals surface area (Å²) >= 11 is 0. The van der Waals surface area contributed by atoms with Gasteiger partial charge in [0.25, 0.3) is 15.9 Å². The van der Waals surface area contributed by atoms with Crippen LogP contribution in [-0.4, -0.2) is 28.0 Å². The summed E-state index contributed by atoms with van der Waals surface area (Å²) in [6.45, 7) is -0.146. The molecule has 1 N–H and O–H groups in total. The van der Waals surface area contributed by atoms with Crippen molar-refractivity contribution in [3.05, 3.63) is 84.9 Å². The minimum absolute atomic E-state index is 0.146. The molecule has 6 nitrogen and oxygen atoms in total. The molecule has 0 bridgehead atoms.